The summed E-state index contributed by atoms with van der Waals surface area (Å²) in [5.41, 5.74) is 5.21. The summed E-state index contributed by atoms with van der Waals surface area (Å²) in [6.45, 7) is 0. The third-order valence-corrected chi connectivity index (χ3v) is 3.94. The molecule has 0 saturated carbocycles. The molecule has 0 nitrogen and oxygen atoms in total. The predicted octanol–water partition coefficient (Wildman–Crippen LogP) is 5.14. The second-order valence-corrected chi connectivity index (χ2v) is 5.16. The van der Waals surface area contributed by atoms with Gasteiger partial charge in [-0.15, -0.1) is 0 Å². The van der Waals surface area contributed by atoms with E-state index in [1.165, 1.54) is 22.3 Å². The largest absolute Gasteiger partial charge is 0.152 e. The van der Waals surface area contributed by atoms with E-state index in [2.05, 4.69) is 57.9 Å². The average Bonchev–Trinajstić information content (AvgIpc) is 3.03. The van der Waals surface area contributed by atoms with E-state index in [0.717, 1.165) is 0 Å². The van der Waals surface area contributed by atoms with Crippen LogP contribution >= 0.6 is 22.7 Å². The van der Waals surface area contributed by atoms with Crippen molar-refractivity contribution in [3.63, 3.8) is 0 Å². The Balaban J connectivity index is 2.07. The lowest BCUT2D eigenvalue weighted by atomic mass is 10.0. The third kappa shape index (κ3) is 1.82. The molecule has 1 aromatic carbocycles. The Morgan fingerprint density at radius 1 is 0.625 bits per heavy atom. The van der Waals surface area contributed by atoms with Crippen molar-refractivity contribution in [3.05, 3.63) is 57.9 Å². The maximum Gasteiger partial charge on any atom is -0.00147 e. The van der Waals surface area contributed by atoms with Crippen LogP contribution in [0.3, 0.4) is 0 Å². The van der Waals surface area contributed by atoms with Gasteiger partial charge in [0, 0.05) is 0 Å². The van der Waals surface area contributed by atoms with E-state index >= 15 is 0 Å². The Labute approximate surface area is 103 Å². The molecular formula is C14H10S2. The minimum Gasteiger partial charge on any atom is -0.152 e. The quantitative estimate of drug-likeness (QED) is 0.583. The van der Waals surface area contributed by atoms with Gasteiger partial charge < -0.3 is 0 Å². The first-order valence-electron chi connectivity index (χ1n) is 5.09. The predicted molar refractivity (Wildman–Crippen MR) is 73.1 cm³/mol. The fraction of sp³-hybridized carbons (Fsp3) is 0. The molecular weight excluding hydrogens is 232 g/mol. The molecule has 0 spiro atoms. The number of hydrogen-bond donors (Lipinski definition) is 0. The van der Waals surface area contributed by atoms with Gasteiger partial charge in [-0.3, -0.25) is 0 Å². The van der Waals surface area contributed by atoms with Gasteiger partial charge in [-0.1, -0.05) is 18.2 Å². The van der Waals surface area contributed by atoms with Crippen molar-refractivity contribution in [2.45, 2.75) is 0 Å². The van der Waals surface area contributed by atoms with Gasteiger partial charge in [0.1, 0.15) is 0 Å². The van der Waals surface area contributed by atoms with Crippen LogP contribution in [0.25, 0.3) is 22.3 Å². The van der Waals surface area contributed by atoms with E-state index in [0.29, 0.717) is 0 Å². The zero-order valence-corrected chi connectivity index (χ0v) is 10.2. The molecule has 0 aliphatic carbocycles. The number of rotatable bonds is 2. The van der Waals surface area contributed by atoms with Crippen LogP contribution in [0, 0.1) is 0 Å². The molecule has 0 amide bonds. The van der Waals surface area contributed by atoms with Crippen LogP contribution < -0.4 is 0 Å². The third-order valence-electron chi connectivity index (χ3n) is 2.57. The molecule has 2 heteroatoms. The van der Waals surface area contributed by atoms with Crippen molar-refractivity contribution in [1.82, 2.24) is 0 Å². The van der Waals surface area contributed by atoms with Gasteiger partial charge in [-0.2, -0.15) is 22.7 Å². The molecule has 0 saturated heterocycles. The molecule has 0 atom stereocenters. The van der Waals surface area contributed by atoms with E-state index in [1.54, 1.807) is 22.7 Å². The monoisotopic (exact) mass is 242 g/mol. The summed E-state index contributed by atoms with van der Waals surface area (Å²) in [6, 6.07) is 13.0. The highest BCUT2D eigenvalue weighted by atomic mass is 32.1. The van der Waals surface area contributed by atoms with Gasteiger partial charge in [-0.05, 0) is 62.0 Å². The summed E-state index contributed by atoms with van der Waals surface area (Å²) < 4.78 is 0. The van der Waals surface area contributed by atoms with Crippen LogP contribution in [0.2, 0.25) is 0 Å². The first-order valence-corrected chi connectivity index (χ1v) is 6.97. The van der Waals surface area contributed by atoms with E-state index < -0.39 is 0 Å². The molecule has 16 heavy (non-hydrogen) atoms. The van der Waals surface area contributed by atoms with Crippen molar-refractivity contribution >= 4 is 22.7 Å². The molecule has 0 fully saturated rings. The Hall–Kier alpha value is -1.38. The van der Waals surface area contributed by atoms with Crippen LogP contribution in [0.4, 0.5) is 0 Å². The van der Waals surface area contributed by atoms with Gasteiger partial charge >= 0.3 is 0 Å². The van der Waals surface area contributed by atoms with Crippen LogP contribution in [-0.2, 0) is 0 Å². The van der Waals surface area contributed by atoms with Crippen LogP contribution in [0.1, 0.15) is 0 Å². The van der Waals surface area contributed by atoms with Crippen LogP contribution in [-0.4, -0.2) is 0 Å². The molecule has 0 aliphatic rings. The van der Waals surface area contributed by atoms with E-state index in [1.807, 2.05) is 0 Å². The minimum absolute atomic E-state index is 1.30. The van der Waals surface area contributed by atoms with Crippen molar-refractivity contribution in [1.29, 1.82) is 0 Å². The molecule has 0 aliphatic heterocycles. The van der Waals surface area contributed by atoms with Gasteiger partial charge in [-0.25, -0.2) is 0 Å². The number of hydrogen-bond acceptors (Lipinski definition) is 2. The lowest BCUT2D eigenvalue weighted by Gasteiger charge is -2.02. The molecule has 3 aromatic rings. The second-order valence-electron chi connectivity index (χ2n) is 3.60. The Morgan fingerprint density at radius 2 is 1.19 bits per heavy atom. The van der Waals surface area contributed by atoms with Gasteiger partial charge in [0.05, 0.1) is 0 Å². The summed E-state index contributed by atoms with van der Waals surface area (Å²) in [4.78, 5) is 0. The zero-order valence-electron chi connectivity index (χ0n) is 8.59. The van der Waals surface area contributed by atoms with Gasteiger partial charge in [0.15, 0.2) is 0 Å². The Morgan fingerprint density at radius 3 is 1.62 bits per heavy atom. The fourth-order valence-corrected chi connectivity index (χ4v) is 3.07. The lowest BCUT2D eigenvalue weighted by Crippen LogP contribution is -1.76. The standard InChI is InChI=1S/C14H10S2/c1-2-11(13-4-6-15-9-13)8-12(3-1)14-5-7-16-10-14/h1-10H. The molecule has 0 bridgehead atoms. The van der Waals surface area contributed by atoms with E-state index in [4.69, 9.17) is 0 Å². The molecule has 0 unspecified atom stereocenters. The van der Waals surface area contributed by atoms with Gasteiger partial charge in [0.2, 0.25) is 0 Å². The van der Waals surface area contributed by atoms with E-state index in [-0.39, 0.29) is 0 Å². The zero-order chi connectivity index (χ0) is 10.8. The van der Waals surface area contributed by atoms with Gasteiger partial charge in [0.25, 0.3) is 0 Å². The number of thiophene rings is 2. The van der Waals surface area contributed by atoms with Crippen LogP contribution in [0.5, 0.6) is 0 Å². The summed E-state index contributed by atoms with van der Waals surface area (Å²) in [5.74, 6) is 0. The topological polar surface area (TPSA) is 0 Å². The van der Waals surface area contributed by atoms with Crippen molar-refractivity contribution in [2.24, 2.45) is 0 Å². The van der Waals surface area contributed by atoms with Crippen molar-refractivity contribution < 1.29 is 0 Å². The molecule has 2 aromatic heterocycles. The smallest absolute Gasteiger partial charge is 0.00147 e. The molecule has 2 heterocycles. The Kier molecular flexibility index (Phi) is 2.60. The minimum atomic E-state index is 1.30. The Bertz CT molecular complexity index is 513. The molecule has 0 N–H and O–H groups in total. The van der Waals surface area contributed by atoms with Crippen LogP contribution in [0.15, 0.2) is 57.9 Å². The highest BCUT2D eigenvalue weighted by Crippen LogP contribution is 2.28. The molecule has 3 rings (SSSR count). The lowest BCUT2D eigenvalue weighted by molar-refractivity contribution is 1.65. The maximum absolute atomic E-state index is 2.25. The van der Waals surface area contributed by atoms with Crippen molar-refractivity contribution in [3.8, 4) is 22.3 Å². The summed E-state index contributed by atoms with van der Waals surface area (Å²) in [5, 5.41) is 8.61. The molecule has 0 radical (unpaired) electrons. The molecule has 78 valence electrons. The summed E-state index contributed by atoms with van der Waals surface area (Å²) in [6.07, 6.45) is 0. The maximum atomic E-state index is 2.25. The normalized spacial score (nSPS) is 10.5. The summed E-state index contributed by atoms with van der Waals surface area (Å²) >= 11 is 3.48. The SMILES string of the molecule is c1cc(-c2ccsc2)cc(-c2ccsc2)c1. The van der Waals surface area contributed by atoms with Crippen molar-refractivity contribution in [2.75, 3.05) is 0 Å². The van der Waals surface area contributed by atoms with E-state index in [9.17, 15) is 0 Å². The fourth-order valence-electron chi connectivity index (χ4n) is 1.74. The number of benzene rings is 1. The summed E-state index contributed by atoms with van der Waals surface area (Å²) in [7, 11) is 0. The average molecular weight is 242 g/mol. The highest BCUT2D eigenvalue weighted by molar-refractivity contribution is 7.08. The highest BCUT2D eigenvalue weighted by Gasteiger charge is 2.01. The second kappa shape index (κ2) is 4.24. The first kappa shape index (κ1) is 9.82. The first-order chi connectivity index (χ1) is 7.93.